The highest BCUT2D eigenvalue weighted by atomic mass is 35.5. The van der Waals surface area contributed by atoms with Gasteiger partial charge in [-0.2, -0.15) is 0 Å². The molecule has 0 aliphatic rings. The lowest BCUT2D eigenvalue weighted by molar-refractivity contribution is -0.385. The van der Waals surface area contributed by atoms with Crippen LogP contribution in [0.1, 0.15) is 0 Å². The summed E-state index contributed by atoms with van der Waals surface area (Å²) in [6.45, 7) is 0. The molecule has 0 radical (unpaired) electrons. The van der Waals surface area contributed by atoms with Crippen LogP contribution in [0.15, 0.2) is 30.6 Å². The molecule has 0 unspecified atom stereocenters. The zero-order chi connectivity index (χ0) is 14.0. The monoisotopic (exact) mass is 299 g/mol. The van der Waals surface area contributed by atoms with Crippen LogP contribution in [0.3, 0.4) is 0 Å². The lowest BCUT2D eigenvalue weighted by Crippen LogP contribution is -1.96. The van der Waals surface area contributed by atoms with Crippen molar-refractivity contribution in [3.8, 4) is 11.5 Å². The predicted molar refractivity (Wildman–Crippen MR) is 71.8 cm³/mol. The SMILES string of the molecule is Nc1cnccc1Oc1cc(Cl)c(Cl)cc1[N+](=O)[O-]. The van der Waals surface area contributed by atoms with Crippen LogP contribution >= 0.6 is 23.2 Å². The van der Waals surface area contributed by atoms with Gasteiger partial charge in [-0.3, -0.25) is 15.1 Å². The molecule has 19 heavy (non-hydrogen) atoms. The first-order chi connectivity index (χ1) is 8.99. The van der Waals surface area contributed by atoms with Crippen LogP contribution in [0.4, 0.5) is 11.4 Å². The Hall–Kier alpha value is -2.05. The minimum absolute atomic E-state index is 0.0442. The van der Waals surface area contributed by atoms with Gasteiger partial charge in [0, 0.05) is 24.4 Å². The zero-order valence-electron chi connectivity index (χ0n) is 9.34. The molecule has 0 aliphatic heterocycles. The number of hydrogen-bond donors (Lipinski definition) is 1. The molecule has 2 rings (SSSR count). The lowest BCUT2D eigenvalue weighted by atomic mass is 10.3. The van der Waals surface area contributed by atoms with E-state index in [-0.39, 0.29) is 32.9 Å². The fraction of sp³-hybridized carbons (Fsp3) is 0. The summed E-state index contributed by atoms with van der Waals surface area (Å²) in [5, 5.41) is 11.2. The van der Waals surface area contributed by atoms with E-state index < -0.39 is 4.92 Å². The number of pyridine rings is 1. The van der Waals surface area contributed by atoms with Crippen LogP contribution in [0.2, 0.25) is 10.0 Å². The highest BCUT2D eigenvalue weighted by molar-refractivity contribution is 6.42. The van der Waals surface area contributed by atoms with Crippen molar-refractivity contribution in [2.24, 2.45) is 0 Å². The first-order valence-electron chi connectivity index (χ1n) is 5.00. The number of nitro benzene ring substituents is 1. The molecule has 8 heteroatoms. The maximum Gasteiger partial charge on any atom is 0.313 e. The summed E-state index contributed by atoms with van der Waals surface area (Å²) in [5.74, 6) is 0.203. The highest BCUT2D eigenvalue weighted by Gasteiger charge is 2.19. The fourth-order valence-corrected chi connectivity index (χ4v) is 1.66. The highest BCUT2D eigenvalue weighted by Crippen LogP contribution is 2.38. The summed E-state index contributed by atoms with van der Waals surface area (Å²) in [4.78, 5) is 14.1. The van der Waals surface area contributed by atoms with Crippen molar-refractivity contribution in [3.05, 3.63) is 50.8 Å². The molecule has 0 bridgehead atoms. The first kappa shape index (κ1) is 13.4. The third-order valence-electron chi connectivity index (χ3n) is 2.23. The van der Waals surface area contributed by atoms with E-state index in [2.05, 4.69) is 4.98 Å². The van der Waals surface area contributed by atoms with Gasteiger partial charge in [-0.15, -0.1) is 0 Å². The number of benzene rings is 1. The Morgan fingerprint density at radius 3 is 2.58 bits per heavy atom. The van der Waals surface area contributed by atoms with Crippen LogP contribution in [0, 0.1) is 10.1 Å². The van der Waals surface area contributed by atoms with Crippen molar-refractivity contribution in [1.29, 1.82) is 0 Å². The van der Waals surface area contributed by atoms with Crippen LogP contribution in [-0.4, -0.2) is 9.91 Å². The van der Waals surface area contributed by atoms with Gasteiger partial charge in [0.15, 0.2) is 5.75 Å². The van der Waals surface area contributed by atoms with Gasteiger partial charge in [0.1, 0.15) is 0 Å². The minimum atomic E-state index is -0.616. The van der Waals surface area contributed by atoms with E-state index in [0.29, 0.717) is 0 Å². The summed E-state index contributed by atoms with van der Waals surface area (Å²) in [6.07, 6.45) is 2.83. The van der Waals surface area contributed by atoms with Crippen molar-refractivity contribution in [1.82, 2.24) is 4.98 Å². The minimum Gasteiger partial charge on any atom is -0.448 e. The normalized spacial score (nSPS) is 10.2. The van der Waals surface area contributed by atoms with E-state index in [1.807, 2.05) is 0 Å². The smallest absolute Gasteiger partial charge is 0.313 e. The van der Waals surface area contributed by atoms with E-state index in [9.17, 15) is 10.1 Å². The number of halogens is 2. The summed E-state index contributed by atoms with van der Waals surface area (Å²) < 4.78 is 5.39. The number of hydrogen-bond acceptors (Lipinski definition) is 5. The number of ether oxygens (including phenoxy) is 1. The molecule has 0 atom stereocenters. The Morgan fingerprint density at radius 2 is 1.95 bits per heavy atom. The van der Waals surface area contributed by atoms with Crippen LogP contribution < -0.4 is 10.5 Å². The molecule has 0 amide bonds. The Kier molecular flexibility index (Phi) is 3.73. The van der Waals surface area contributed by atoms with Gasteiger partial charge in [-0.05, 0) is 0 Å². The Morgan fingerprint density at radius 1 is 1.26 bits per heavy atom. The van der Waals surface area contributed by atoms with E-state index in [0.717, 1.165) is 6.07 Å². The molecule has 6 nitrogen and oxygen atoms in total. The number of nitro groups is 1. The van der Waals surface area contributed by atoms with Crippen molar-refractivity contribution in [3.63, 3.8) is 0 Å². The standard InChI is InChI=1S/C11H7Cl2N3O3/c12-6-3-9(16(17)18)11(4-7(6)13)19-10-1-2-15-5-8(10)14/h1-5H,14H2. The molecule has 0 aliphatic carbocycles. The number of nitrogen functional groups attached to an aromatic ring is 1. The van der Waals surface area contributed by atoms with Crippen LogP contribution in [0.5, 0.6) is 11.5 Å². The van der Waals surface area contributed by atoms with Crippen molar-refractivity contribution < 1.29 is 9.66 Å². The Bertz CT molecular complexity index is 649. The van der Waals surface area contributed by atoms with Gasteiger partial charge in [-0.1, -0.05) is 23.2 Å². The van der Waals surface area contributed by atoms with Gasteiger partial charge in [0.25, 0.3) is 0 Å². The summed E-state index contributed by atoms with van der Waals surface area (Å²) in [6, 6.07) is 3.88. The van der Waals surface area contributed by atoms with Crippen molar-refractivity contribution in [2.45, 2.75) is 0 Å². The van der Waals surface area contributed by atoms with Gasteiger partial charge in [-0.25, -0.2) is 0 Å². The maximum atomic E-state index is 10.9. The Balaban J connectivity index is 2.48. The van der Waals surface area contributed by atoms with Gasteiger partial charge < -0.3 is 10.5 Å². The van der Waals surface area contributed by atoms with E-state index in [1.165, 1.54) is 24.5 Å². The molecule has 0 saturated carbocycles. The second-order valence-corrected chi connectivity index (χ2v) is 4.32. The molecule has 1 heterocycles. The number of nitrogens with zero attached hydrogens (tertiary/aromatic N) is 2. The summed E-state index contributed by atoms with van der Waals surface area (Å²) in [7, 11) is 0. The van der Waals surface area contributed by atoms with Gasteiger partial charge in [0.05, 0.1) is 26.9 Å². The molecule has 1 aromatic heterocycles. The zero-order valence-corrected chi connectivity index (χ0v) is 10.9. The molecule has 0 saturated heterocycles. The number of anilines is 1. The number of nitrogens with two attached hydrogens (primary N) is 1. The molecule has 2 aromatic rings. The summed E-state index contributed by atoms with van der Waals surface area (Å²) >= 11 is 11.6. The summed E-state index contributed by atoms with van der Waals surface area (Å²) in [5.41, 5.74) is 5.60. The second-order valence-electron chi connectivity index (χ2n) is 3.51. The molecule has 1 aromatic carbocycles. The van der Waals surface area contributed by atoms with Gasteiger partial charge in [0.2, 0.25) is 5.75 Å². The number of aromatic nitrogens is 1. The molecule has 0 fully saturated rings. The van der Waals surface area contributed by atoms with Gasteiger partial charge >= 0.3 is 5.69 Å². The predicted octanol–water partition coefficient (Wildman–Crippen LogP) is 3.67. The second kappa shape index (κ2) is 5.29. The van der Waals surface area contributed by atoms with E-state index in [4.69, 9.17) is 33.7 Å². The van der Waals surface area contributed by atoms with Crippen molar-refractivity contribution in [2.75, 3.05) is 5.73 Å². The quantitative estimate of drug-likeness (QED) is 0.689. The molecular formula is C11H7Cl2N3O3. The third kappa shape index (κ3) is 2.86. The molecule has 2 N–H and O–H groups in total. The topological polar surface area (TPSA) is 91.3 Å². The fourth-order valence-electron chi connectivity index (χ4n) is 1.35. The van der Waals surface area contributed by atoms with E-state index in [1.54, 1.807) is 0 Å². The Labute approximate surface area is 117 Å². The largest absolute Gasteiger partial charge is 0.448 e. The number of rotatable bonds is 3. The average molecular weight is 300 g/mol. The first-order valence-corrected chi connectivity index (χ1v) is 5.75. The molecular weight excluding hydrogens is 293 g/mol. The van der Waals surface area contributed by atoms with E-state index >= 15 is 0 Å². The van der Waals surface area contributed by atoms with Crippen LogP contribution in [-0.2, 0) is 0 Å². The third-order valence-corrected chi connectivity index (χ3v) is 2.95. The van der Waals surface area contributed by atoms with Crippen molar-refractivity contribution >= 4 is 34.6 Å². The maximum absolute atomic E-state index is 10.9. The molecule has 98 valence electrons. The average Bonchev–Trinajstić information content (AvgIpc) is 2.36. The molecule has 0 spiro atoms. The lowest BCUT2D eigenvalue weighted by Gasteiger charge is -2.09. The van der Waals surface area contributed by atoms with Crippen LogP contribution in [0.25, 0.3) is 0 Å².